The quantitative estimate of drug-likeness (QED) is 0.874. The van der Waals surface area contributed by atoms with Crippen LogP contribution in [-0.2, 0) is 6.42 Å². The Hall–Kier alpha value is -0.900. The maximum atomic E-state index is 6.30. The molecule has 1 aromatic heterocycles. The van der Waals surface area contributed by atoms with E-state index in [-0.39, 0.29) is 11.5 Å². The highest BCUT2D eigenvalue weighted by molar-refractivity contribution is 5.11. The van der Waals surface area contributed by atoms with Gasteiger partial charge in [0, 0.05) is 12.5 Å². The summed E-state index contributed by atoms with van der Waals surface area (Å²) in [6.07, 6.45) is 4.67. The van der Waals surface area contributed by atoms with E-state index in [0.29, 0.717) is 17.8 Å². The molecule has 100 valence electrons. The van der Waals surface area contributed by atoms with E-state index in [2.05, 4.69) is 30.9 Å². The molecule has 0 aromatic carbocycles. The van der Waals surface area contributed by atoms with Crippen molar-refractivity contribution in [3.63, 3.8) is 0 Å². The second kappa shape index (κ2) is 4.05. The van der Waals surface area contributed by atoms with Gasteiger partial charge in [-0.15, -0.1) is 0 Å². The number of nitrogens with two attached hydrogens (primary N) is 1. The molecule has 4 atom stereocenters. The number of hydrogen-bond acceptors (Lipinski definition) is 4. The molecule has 0 aliphatic heterocycles. The van der Waals surface area contributed by atoms with E-state index in [1.807, 2.05) is 0 Å². The lowest BCUT2D eigenvalue weighted by Crippen LogP contribution is -2.34. The highest BCUT2D eigenvalue weighted by atomic mass is 16.5. The first-order valence-corrected chi connectivity index (χ1v) is 7.02. The fourth-order valence-corrected chi connectivity index (χ4v) is 3.65. The van der Waals surface area contributed by atoms with E-state index < -0.39 is 0 Å². The molecule has 0 spiro atoms. The third-order valence-corrected chi connectivity index (χ3v) is 4.44. The summed E-state index contributed by atoms with van der Waals surface area (Å²) < 4.78 is 5.48. The number of rotatable bonds is 2. The number of fused-ring (bicyclic) bond motifs is 2. The third-order valence-electron chi connectivity index (χ3n) is 4.44. The highest BCUT2D eigenvalue weighted by Crippen LogP contribution is 2.51. The molecule has 2 saturated carbocycles. The van der Waals surface area contributed by atoms with Gasteiger partial charge in [-0.1, -0.05) is 25.9 Å². The van der Waals surface area contributed by atoms with E-state index in [1.54, 1.807) is 0 Å². The summed E-state index contributed by atoms with van der Waals surface area (Å²) in [5.74, 6) is 3.28. The first-order chi connectivity index (χ1) is 8.44. The van der Waals surface area contributed by atoms with Crippen LogP contribution in [0.3, 0.4) is 0 Å². The van der Waals surface area contributed by atoms with E-state index in [1.165, 1.54) is 19.3 Å². The van der Waals surface area contributed by atoms with Crippen molar-refractivity contribution in [3.8, 4) is 0 Å². The van der Waals surface area contributed by atoms with Crippen molar-refractivity contribution in [2.24, 2.45) is 23.0 Å². The van der Waals surface area contributed by atoms with Crippen LogP contribution in [0.25, 0.3) is 0 Å². The van der Waals surface area contributed by atoms with Gasteiger partial charge in [0.05, 0.1) is 5.92 Å². The second-order valence-corrected chi connectivity index (χ2v) is 7.22. The van der Waals surface area contributed by atoms with Crippen LogP contribution in [0.4, 0.5) is 0 Å². The number of hydrogen-bond donors (Lipinski definition) is 1. The Labute approximate surface area is 108 Å². The summed E-state index contributed by atoms with van der Waals surface area (Å²) in [4.78, 5) is 4.59. The van der Waals surface area contributed by atoms with Crippen LogP contribution in [0.1, 0.15) is 57.7 Å². The van der Waals surface area contributed by atoms with Gasteiger partial charge in [0.1, 0.15) is 0 Å². The van der Waals surface area contributed by atoms with Gasteiger partial charge in [-0.3, -0.25) is 0 Å². The van der Waals surface area contributed by atoms with Gasteiger partial charge in [-0.2, -0.15) is 4.98 Å². The van der Waals surface area contributed by atoms with E-state index in [4.69, 9.17) is 10.3 Å². The smallest absolute Gasteiger partial charge is 0.231 e. The zero-order chi connectivity index (χ0) is 12.9. The van der Waals surface area contributed by atoms with Crippen molar-refractivity contribution in [1.29, 1.82) is 0 Å². The van der Waals surface area contributed by atoms with Gasteiger partial charge in [0.25, 0.3) is 0 Å². The minimum absolute atomic E-state index is 0.192. The summed E-state index contributed by atoms with van der Waals surface area (Å²) in [5.41, 5.74) is 6.50. The topological polar surface area (TPSA) is 64.9 Å². The van der Waals surface area contributed by atoms with Crippen molar-refractivity contribution in [3.05, 3.63) is 11.7 Å². The Kier molecular flexibility index (Phi) is 2.73. The van der Waals surface area contributed by atoms with Gasteiger partial charge in [-0.05, 0) is 36.5 Å². The molecule has 0 saturated heterocycles. The number of aromatic nitrogens is 2. The molecule has 2 aliphatic carbocycles. The molecule has 1 heterocycles. The summed E-state index contributed by atoms with van der Waals surface area (Å²) in [6.45, 7) is 6.56. The Morgan fingerprint density at radius 2 is 2.00 bits per heavy atom. The molecular weight excluding hydrogens is 226 g/mol. The van der Waals surface area contributed by atoms with Gasteiger partial charge < -0.3 is 10.3 Å². The van der Waals surface area contributed by atoms with Gasteiger partial charge >= 0.3 is 0 Å². The molecule has 4 nitrogen and oxygen atoms in total. The van der Waals surface area contributed by atoms with Crippen LogP contribution in [0.2, 0.25) is 0 Å². The Morgan fingerprint density at radius 1 is 1.28 bits per heavy atom. The van der Waals surface area contributed by atoms with Gasteiger partial charge in [0.15, 0.2) is 5.82 Å². The lowest BCUT2D eigenvalue weighted by molar-refractivity contribution is 0.277. The molecule has 4 unspecified atom stereocenters. The fourth-order valence-electron chi connectivity index (χ4n) is 3.65. The van der Waals surface area contributed by atoms with Crippen molar-refractivity contribution >= 4 is 0 Å². The molecule has 0 radical (unpaired) electrons. The molecule has 2 N–H and O–H groups in total. The van der Waals surface area contributed by atoms with Crippen LogP contribution < -0.4 is 5.73 Å². The van der Waals surface area contributed by atoms with E-state index >= 15 is 0 Å². The van der Waals surface area contributed by atoms with E-state index in [9.17, 15) is 0 Å². The van der Waals surface area contributed by atoms with Gasteiger partial charge in [0.2, 0.25) is 5.89 Å². The minimum atomic E-state index is 0.192. The molecule has 4 heteroatoms. The molecule has 3 rings (SSSR count). The number of nitrogens with zero attached hydrogens (tertiary/aromatic N) is 2. The molecule has 18 heavy (non-hydrogen) atoms. The maximum Gasteiger partial charge on any atom is 0.231 e. The minimum Gasteiger partial charge on any atom is -0.339 e. The molecule has 2 fully saturated rings. The van der Waals surface area contributed by atoms with Crippen LogP contribution in [0.15, 0.2) is 4.52 Å². The summed E-state index contributed by atoms with van der Waals surface area (Å²) in [7, 11) is 0. The monoisotopic (exact) mass is 249 g/mol. The molecule has 0 amide bonds. The molecule has 2 bridgehead atoms. The molecule has 2 aliphatic rings. The van der Waals surface area contributed by atoms with Crippen molar-refractivity contribution in [2.45, 2.75) is 58.4 Å². The van der Waals surface area contributed by atoms with Crippen LogP contribution in [0, 0.1) is 17.3 Å². The van der Waals surface area contributed by atoms with Crippen LogP contribution in [0.5, 0.6) is 0 Å². The molecule has 1 aromatic rings. The van der Waals surface area contributed by atoms with Crippen molar-refractivity contribution < 1.29 is 4.52 Å². The van der Waals surface area contributed by atoms with Crippen molar-refractivity contribution in [1.82, 2.24) is 10.1 Å². The second-order valence-electron chi connectivity index (χ2n) is 7.22. The summed E-state index contributed by atoms with van der Waals surface area (Å²) in [6, 6.07) is 0.228. The van der Waals surface area contributed by atoms with Crippen molar-refractivity contribution in [2.75, 3.05) is 0 Å². The fraction of sp³-hybridized carbons (Fsp3) is 0.857. The largest absolute Gasteiger partial charge is 0.339 e. The normalized spacial score (nSPS) is 35.3. The Morgan fingerprint density at radius 3 is 2.61 bits per heavy atom. The van der Waals surface area contributed by atoms with Gasteiger partial charge in [-0.25, -0.2) is 0 Å². The average molecular weight is 249 g/mol. The Balaban J connectivity index is 1.77. The zero-order valence-corrected chi connectivity index (χ0v) is 11.5. The highest BCUT2D eigenvalue weighted by Gasteiger charge is 2.48. The first-order valence-electron chi connectivity index (χ1n) is 7.02. The summed E-state index contributed by atoms with van der Waals surface area (Å²) in [5, 5.41) is 4.12. The standard InChI is InChI=1S/C14H23N3O/c1-14(2,3)7-10-16-13(18-17-10)11-8-4-5-9(6-8)12(11)15/h8-9,11-12H,4-7,15H2,1-3H3. The lowest BCUT2D eigenvalue weighted by atomic mass is 9.85. The predicted octanol–water partition coefficient (Wildman–Crippen LogP) is 2.50. The average Bonchev–Trinajstić information content (AvgIpc) is 2.90. The van der Waals surface area contributed by atoms with E-state index in [0.717, 1.165) is 18.1 Å². The zero-order valence-electron chi connectivity index (χ0n) is 11.5. The maximum absolute atomic E-state index is 6.30. The first kappa shape index (κ1) is 12.2. The Bertz CT molecular complexity index is 432. The molecular formula is C14H23N3O. The van der Waals surface area contributed by atoms with Crippen LogP contribution in [-0.4, -0.2) is 16.2 Å². The third kappa shape index (κ3) is 2.07. The summed E-state index contributed by atoms with van der Waals surface area (Å²) >= 11 is 0. The lowest BCUT2D eigenvalue weighted by Gasteiger charge is -2.24. The SMILES string of the molecule is CC(C)(C)Cc1noc(C2C3CCC(C3)C2N)n1. The van der Waals surface area contributed by atoms with Crippen LogP contribution >= 0.6 is 0 Å². The predicted molar refractivity (Wildman–Crippen MR) is 69.0 cm³/mol.